The fraction of sp³-hybridized carbons (Fsp3) is 0.389. The van der Waals surface area contributed by atoms with E-state index in [0.29, 0.717) is 0 Å². The first-order chi connectivity index (χ1) is 9.47. The fourth-order valence-corrected chi connectivity index (χ4v) is 4.32. The number of rotatable bonds is 1. The van der Waals surface area contributed by atoms with Gasteiger partial charge in [-0.15, -0.1) is 0 Å². The highest BCUT2D eigenvalue weighted by Gasteiger charge is 2.64. The molecule has 1 N–H and O–H groups in total. The van der Waals surface area contributed by atoms with Gasteiger partial charge in [0.25, 0.3) is 0 Å². The summed E-state index contributed by atoms with van der Waals surface area (Å²) in [5.74, 6) is 0.132. The van der Waals surface area contributed by atoms with Gasteiger partial charge in [0.05, 0.1) is 12.0 Å². The molecule has 2 heteroatoms. The molecule has 0 saturated heterocycles. The van der Waals surface area contributed by atoms with Crippen molar-refractivity contribution in [1.29, 1.82) is 0 Å². The Morgan fingerprint density at radius 1 is 1.20 bits per heavy atom. The zero-order chi connectivity index (χ0) is 14.1. The summed E-state index contributed by atoms with van der Waals surface area (Å²) in [5.41, 5.74) is 2.30. The van der Waals surface area contributed by atoms with Gasteiger partial charge in [-0.3, -0.25) is 4.79 Å². The zero-order valence-corrected chi connectivity index (χ0v) is 11.8. The lowest BCUT2D eigenvalue weighted by atomic mass is 9.65. The summed E-state index contributed by atoms with van der Waals surface area (Å²) in [4.78, 5) is 12.7. The highest BCUT2D eigenvalue weighted by molar-refractivity contribution is 6.27. The van der Waals surface area contributed by atoms with Crippen molar-refractivity contribution in [1.82, 2.24) is 0 Å². The summed E-state index contributed by atoms with van der Waals surface area (Å²) in [7, 11) is 0. The average Bonchev–Trinajstić information content (AvgIpc) is 2.70. The van der Waals surface area contributed by atoms with E-state index in [1.54, 1.807) is 0 Å². The van der Waals surface area contributed by atoms with Crippen molar-refractivity contribution >= 4 is 11.4 Å². The molecule has 1 aromatic rings. The van der Waals surface area contributed by atoms with E-state index < -0.39 is 6.10 Å². The molecule has 4 rings (SSSR count). The monoisotopic (exact) mass is 266 g/mol. The van der Waals surface area contributed by atoms with E-state index in [0.717, 1.165) is 23.1 Å². The molecular weight excluding hydrogens is 248 g/mol. The first-order valence-electron chi connectivity index (χ1n) is 7.19. The summed E-state index contributed by atoms with van der Waals surface area (Å²) in [6, 6.07) is 9.78. The molecule has 1 spiro atoms. The number of Topliss-reactive ketones (excluding diaryl/α,β-unsaturated/α-hetero) is 1. The first kappa shape index (κ1) is 12.1. The summed E-state index contributed by atoms with van der Waals surface area (Å²) < 4.78 is 0. The van der Waals surface area contributed by atoms with E-state index in [1.165, 1.54) is 0 Å². The molecular formula is C18H18O2. The smallest absolute Gasteiger partial charge is 0.171 e. The number of aliphatic hydroxyl groups excluding tert-OH is 1. The van der Waals surface area contributed by atoms with Crippen molar-refractivity contribution < 1.29 is 9.90 Å². The van der Waals surface area contributed by atoms with Gasteiger partial charge in [-0.2, -0.15) is 0 Å². The topological polar surface area (TPSA) is 37.3 Å². The van der Waals surface area contributed by atoms with Gasteiger partial charge in [0.15, 0.2) is 5.78 Å². The number of hydrogen-bond donors (Lipinski definition) is 1. The number of allylic oxidation sites excluding steroid dienone is 3. The maximum Gasteiger partial charge on any atom is 0.171 e. The molecule has 0 bridgehead atoms. The van der Waals surface area contributed by atoms with Gasteiger partial charge in [-0.25, -0.2) is 0 Å². The van der Waals surface area contributed by atoms with Crippen LogP contribution in [0, 0.1) is 16.7 Å². The van der Waals surface area contributed by atoms with Crippen molar-refractivity contribution in [2.24, 2.45) is 16.7 Å². The molecule has 20 heavy (non-hydrogen) atoms. The molecule has 1 saturated carbocycles. The molecule has 0 heterocycles. The van der Waals surface area contributed by atoms with Gasteiger partial charge in [-0.05, 0) is 23.0 Å². The molecule has 0 aliphatic heterocycles. The van der Waals surface area contributed by atoms with Gasteiger partial charge in [0, 0.05) is 11.0 Å². The summed E-state index contributed by atoms with van der Waals surface area (Å²) in [6.07, 6.45) is 4.47. The predicted octanol–water partition coefficient (Wildman–Crippen LogP) is 2.99. The van der Waals surface area contributed by atoms with Gasteiger partial charge >= 0.3 is 0 Å². The van der Waals surface area contributed by atoms with Crippen LogP contribution in [-0.2, 0) is 4.79 Å². The number of benzene rings is 1. The Labute approximate surface area is 118 Å². The Hall–Kier alpha value is -1.67. The maximum atomic E-state index is 12.7. The third-order valence-electron chi connectivity index (χ3n) is 5.26. The minimum atomic E-state index is -0.531. The lowest BCUT2D eigenvalue weighted by molar-refractivity contribution is -0.117. The van der Waals surface area contributed by atoms with Crippen LogP contribution in [0.25, 0.3) is 5.57 Å². The molecule has 1 fully saturated rings. The summed E-state index contributed by atoms with van der Waals surface area (Å²) in [5, 5.41) is 10.7. The Morgan fingerprint density at radius 2 is 1.90 bits per heavy atom. The largest absolute Gasteiger partial charge is 0.388 e. The minimum Gasteiger partial charge on any atom is -0.388 e. The van der Waals surface area contributed by atoms with Crippen LogP contribution in [0.15, 0.2) is 48.1 Å². The third-order valence-corrected chi connectivity index (χ3v) is 5.26. The van der Waals surface area contributed by atoms with Crippen LogP contribution in [0.3, 0.4) is 0 Å². The molecule has 2 nitrogen and oxygen atoms in total. The molecule has 3 aliphatic carbocycles. The fourth-order valence-electron chi connectivity index (χ4n) is 4.32. The molecule has 3 atom stereocenters. The van der Waals surface area contributed by atoms with Crippen LogP contribution in [0.2, 0.25) is 0 Å². The Bertz CT molecular complexity index is 666. The van der Waals surface area contributed by atoms with Gasteiger partial charge < -0.3 is 5.11 Å². The maximum absolute atomic E-state index is 12.7. The molecule has 0 radical (unpaired) electrons. The molecule has 1 aromatic carbocycles. The van der Waals surface area contributed by atoms with Crippen molar-refractivity contribution in [3.63, 3.8) is 0 Å². The van der Waals surface area contributed by atoms with Gasteiger partial charge in [0.2, 0.25) is 0 Å². The second-order valence-electron chi connectivity index (χ2n) is 6.96. The minimum absolute atomic E-state index is 0.0517. The standard InChI is InChI=1S/C18H18O2/c1-17(2)10-18-9-8-12(18)15(19)13(14(18)16(17)20)11-6-4-3-5-7-11/h3-9,12,16,20H,10H2,1-2H3/t12-,16?,18?/m1/s1. The van der Waals surface area contributed by atoms with E-state index in [9.17, 15) is 9.90 Å². The molecule has 102 valence electrons. The van der Waals surface area contributed by atoms with Crippen molar-refractivity contribution in [2.75, 3.05) is 0 Å². The molecule has 0 amide bonds. The summed E-state index contributed by atoms with van der Waals surface area (Å²) in [6.45, 7) is 4.18. The van der Waals surface area contributed by atoms with Crippen molar-refractivity contribution in [3.05, 3.63) is 53.6 Å². The van der Waals surface area contributed by atoms with E-state index in [2.05, 4.69) is 19.9 Å². The second-order valence-corrected chi connectivity index (χ2v) is 6.96. The number of carbonyl (C=O) groups excluding carboxylic acids is 1. The first-order valence-corrected chi connectivity index (χ1v) is 7.19. The lowest BCUT2D eigenvalue weighted by Crippen LogP contribution is -2.34. The van der Waals surface area contributed by atoms with Crippen LogP contribution in [0.5, 0.6) is 0 Å². The second kappa shape index (κ2) is 3.50. The SMILES string of the molecule is CC1(C)CC23C=C[C@@H]2C(=O)C(c2ccccc2)=C3C1O. The van der Waals surface area contributed by atoms with Crippen LogP contribution in [0.1, 0.15) is 25.8 Å². The number of hydrogen-bond acceptors (Lipinski definition) is 2. The van der Waals surface area contributed by atoms with Crippen LogP contribution >= 0.6 is 0 Å². The molecule has 2 unspecified atom stereocenters. The highest BCUT2D eigenvalue weighted by atomic mass is 16.3. The van der Waals surface area contributed by atoms with Gasteiger partial charge in [-0.1, -0.05) is 56.3 Å². The Kier molecular flexibility index (Phi) is 2.12. The number of aliphatic hydroxyl groups is 1. The van der Waals surface area contributed by atoms with E-state index in [4.69, 9.17) is 0 Å². The highest BCUT2D eigenvalue weighted by Crippen LogP contribution is 2.67. The number of carbonyl (C=O) groups is 1. The van der Waals surface area contributed by atoms with E-state index >= 15 is 0 Å². The quantitative estimate of drug-likeness (QED) is 0.793. The molecule has 0 aromatic heterocycles. The van der Waals surface area contributed by atoms with Crippen molar-refractivity contribution in [2.45, 2.75) is 26.4 Å². The average molecular weight is 266 g/mol. The third kappa shape index (κ3) is 1.21. The van der Waals surface area contributed by atoms with Crippen LogP contribution in [0.4, 0.5) is 0 Å². The summed E-state index contributed by atoms with van der Waals surface area (Å²) >= 11 is 0. The van der Waals surface area contributed by atoms with E-state index in [-0.39, 0.29) is 22.5 Å². The van der Waals surface area contributed by atoms with Crippen LogP contribution in [-0.4, -0.2) is 17.0 Å². The predicted molar refractivity (Wildman–Crippen MR) is 77.8 cm³/mol. The van der Waals surface area contributed by atoms with Crippen LogP contribution < -0.4 is 0 Å². The van der Waals surface area contributed by atoms with E-state index in [1.807, 2.05) is 36.4 Å². The Morgan fingerprint density at radius 3 is 2.50 bits per heavy atom. The number of ketones is 1. The Balaban J connectivity index is 1.98. The molecule has 3 aliphatic rings. The van der Waals surface area contributed by atoms with Crippen molar-refractivity contribution in [3.8, 4) is 0 Å². The normalized spacial score (nSPS) is 36.9. The van der Waals surface area contributed by atoms with Gasteiger partial charge in [0.1, 0.15) is 0 Å². The lowest BCUT2D eigenvalue weighted by Gasteiger charge is -2.36. The zero-order valence-electron chi connectivity index (χ0n) is 11.8.